The minimum Gasteiger partial charge on any atom is -0.378 e. The molecule has 84 valence electrons. The monoisotopic (exact) mass is 242 g/mol. The van der Waals surface area contributed by atoms with Crippen LogP contribution in [0.2, 0.25) is 0 Å². The summed E-state index contributed by atoms with van der Waals surface area (Å²) in [6, 6.07) is 7.95. The van der Waals surface area contributed by atoms with Crippen molar-refractivity contribution in [2.24, 2.45) is 0 Å². The largest absolute Gasteiger partial charge is 0.378 e. The molecule has 0 fully saturated rings. The van der Waals surface area contributed by atoms with Crippen molar-refractivity contribution in [3.63, 3.8) is 0 Å². The van der Waals surface area contributed by atoms with E-state index in [4.69, 9.17) is 0 Å². The van der Waals surface area contributed by atoms with Gasteiger partial charge < -0.3 is 5.32 Å². The highest BCUT2D eigenvalue weighted by molar-refractivity contribution is 7.07. The molecule has 0 aliphatic carbocycles. The quantitative estimate of drug-likeness (QED) is 0.767. The van der Waals surface area contributed by atoms with Crippen LogP contribution in [-0.2, 0) is 6.54 Å². The van der Waals surface area contributed by atoms with Crippen molar-refractivity contribution in [3.8, 4) is 0 Å². The van der Waals surface area contributed by atoms with Crippen LogP contribution in [0.15, 0.2) is 41.4 Å². The minimum atomic E-state index is 0.708. The van der Waals surface area contributed by atoms with Crippen LogP contribution in [0, 0.1) is 0 Å². The molecular formula is C12H10N4S. The lowest BCUT2D eigenvalue weighted by molar-refractivity contribution is 1.04. The van der Waals surface area contributed by atoms with E-state index in [-0.39, 0.29) is 0 Å². The van der Waals surface area contributed by atoms with Gasteiger partial charge in [0.25, 0.3) is 0 Å². The molecule has 5 heteroatoms. The zero-order valence-corrected chi connectivity index (χ0v) is 9.81. The predicted octanol–water partition coefficient (Wildman–Crippen LogP) is 2.70. The highest BCUT2D eigenvalue weighted by atomic mass is 32.1. The highest BCUT2D eigenvalue weighted by Gasteiger charge is 2.02. The molecule has 0 saturated carbocycles. The smallest absolute Gasteiger partial charge is 0.0950 e. The Balaban J connectivity index is 1.90. The Morgan fingerprint density at radius 1 is 1.24 bits per heavy atom. The van der Waals surface area contributed by atoms with Crippen LogP contribution in [0.5, 0.6) is 0 Å². The van der Waals surface area contributed by atoms with Crippen LogP contribution in [0.25, 0.3) is 10.9 Å². The van der Waals surface area contributed by atoms with Crippen LogP contribution >= 0.6 is 11.3 Å². The summed E-state index contributed by atoms with van der Waals surface area (Å²) in [6.07, 6.45) is 1.74. The molecule has 0 aliphatic heterocycles. The molecule has 0 amide bonds. The van der Waals surface area contributed by atoms with Crippen molar-refractivity contribution >= 4 is 27.9 Å². The van der Waals surface area contributed by atoms with Crippen molar-refractivity contribution in [2.45, 2.75) is 6.54 Å². The van der Waals surface area contributed by atoms with Crippen LogP contribution in [-0.4, -0.2) is 15.2 Å². The second-order valence-corrected chi connectivity index (χ2v) is 4.33. The zero-order chi connectivity index (χ0) is 11.5. The molecule has 0 saturated heterocycles. The van der Waals surface area contributed by atoms with Crippen LogP contribution in [0.3, 0.4) is 0 Å². The number of benzene rings is 1. The SMILES string of the molecule is c1ccc2c(NCc3cscn3)cnnc2c1. The first-order valence-electron chi connectivity index (χ1n) is 5.25. The zero-order valence-electron chi connectivity index (χ0n) is 9.00. The summed E-state index contributed by atoms with van der Waals surface area (Å²) in [7, 11) is 0. The summed E-state index contributed by atoms with van der Waals surface area (Å²) < 4.78 is 0. The molecule has 2 heterocycles. The topological polar surface area (TPSA) is 50.7 Å². The molecule has 2 aromatic heterocycles. The summed E-state index contributed by atoms with van der Waals surface area (Å²) in [5.74, 6) is 0. The second kappa shape index (κ2) is 4.47. The molecule has 3 rings (SSSR count). The van der Waals surface area contributed by atoms with E-state index in [1.54, 1.807) is 17.5 Å². The third-order valence-electron chi connectivity index (χ3n) is 2.49. The lowest BCUT2D eigenvalue weighted by Crippen LogP contribution is -2.01. The molecule has 0 aliphatic rings. The van der Waals surface area contributed by atoms with Gasteiger partial charge in [0.05, 0.1) is 35.2 Å². The van der Waals surface area contributed by atoms with Gasteiger partial charge in [-0.1, -0.05) is 18.2 Å². The third-order valence-corrected chi connectivity index (χ3v) is 3.13. The molecule has 1 N–H and O–H groups in total. The summed E-state index contributed by atoms with van der Waals surface area (Å²) in [4.78, 5) is 4.23. The van der Waals surface area contributed by atoms with Gasteiger partial charge in [-0.15, -0.1) is 11.3 Å². The van der Waals surface area contributed by atoms with Gasteiger partial charge >= 0.3 is 0 Å². The van der Waals surface area contributed by atoms with Gasteiger partial charge in [-0.05, 0) is 6.07 Å². The summed E-state index contributed by atoms with van der Waals surface area (Å²) in [5, 5.41) is 14.5. The normalized spacial score (nSPS) is 10.6. The number of aromatic nitrogens is 3. The Morgan fingerprint density at radius 3 is 3.06 bits per heavy atom. The van der Waals surface area contributed by atoms with Crippen molar-refractivity contribution in [1.29, 1.82) is 0 Å². The van der Waals surface area contributed by atoms with Crippen LogP contribution in [0.4, 0.5) is 5.69 Å². The van der Waals surface area contributed by atoms with E-state index >= 15 is 0 Å². The van der Waals surface area contributed by atoms with Crippen molar-refractivity contribution < 1.29 is 0 Å². The van der Waals surface area contributed by atoms with Gasteiger partial charge in [-0.2, -0.15) is 10.2 Å². The third kappa shape index (κ3) is 2.09. The molecular weight excluding hydrogens is 232 g/mol. The maximum Gasteiger partial charge on any atom is 0.0950 e. The van der Waals surface area contributed by atoms with E-state index < -0.39 is 0 Å². The van der Waals surface area contributed by atoms with Crippen molar-refractivity contribution in [3.05, 3.63) is 47.0 Å². The fraction of sp³-hybridized carbons (Fsp3) is 0.0833. The van der Waals surface area contributed by atoms with Gasteiger partial charge in [0.2, 0.25) is 0 Å². The van der Waals surface area contributed by atoms with E-state index in [1.165, 1.54) is 0 Å². The number of hydrogen-bond donors (Lipinski definition) is 1. The number of thiazole rings is 1. The van der Waals surface area contributed by atoms with Gasteiger partial charge in [-0.25, -0.2) is 4.98 Å². The van der Waals surface area contributed by atoms with Gasteiger partial charge in [0.15, 0.2) is 0 Å². The Hall–Kier alpha value is -2.01. The van der Waals surface area contributed by atoms with Gasteiger partial charge in [-0.3, -0.25) is 0 Å². The number of rotatable bonds is 3. The fourth-order valence-corrected chi connectivity index (χ4v) is 2.22. The molecule has 0 bridgehead atoms. The lowest BCUT2D eigenvalue weighted by Gasteiger charge is -2.06. The maximum absolute atomic E-state index is 4.23. The molecule has 0 radical (unpaired) electrons. The molecule has 3 aromatic rings. The standard InChI is InChI=1S/C12H10N4S/c1-2-4-11-10(3-1)12(6-15-16-11)13-5-9-7-17-8-14-9/h1-4,6-8H,5H2,(H,13,16). The van der Waals surface area contributed by atoms with E-state index in [9.17, 15) is 0 Å². The van der Waals surface area contributed by atoms with Gasteiger partial charge in [0.1, 0.15) is 0 Å². The highest BCUT2D eigenvalue weighted by Crippen LogP contribution is 2.20. The summed E-state index contributed by atoms with van der Waals surface area (Å²) >= 11 is 1.60. The lowest BCUT2D eigenvalue weighted by atomic mass is 10.2. The Morgan fingerprint density at radius 2 is 2.18 bits per heavy atom. The number of hydrogen-bond acceptors (Lipinski definition) is 5. The second-order valence-electron chi connectivity index (χ2n) is 3.61. The van der Waals surface area contributed by atoms with Crippen molar-refractivity contribution in [2.75, 3.05) is 5.32 Å². The van der Waals surface area contributed by atoms with E-state index in [0.29, 0.717) is 6.54 Å². The van der Waals surface area contributed by atoms with E-state index in [0.717, 1.165) is 22.3 Å². The predicted molar refractivity (Wildman–Crippen MR) is 69.0 cm³/mol. The first-order chi connectivity index (χ1) is 8.43. The van der Waals surface area contributed by atoms with Gasteiger partial charge in [0, 0.05) is 10.8 Å². The average molecular weight is 242 g/mol. The molecule has 0 atom stereocenters. The molecule has 0 unspecified atom stereocenters. The molecule has 0 spiro atoms. The van der Waals surface area contributed by atoms with E-state index in [1.807, 2.05) is 35.2 Å². The Kier molecular flexibility index (Phi) is 2.67. The maximum atomic E-state index is 4.23. The number of anilines is 1. The first kappa shape index (κ1) is 10.2. The van der Waals surface area contributed by atoms with Crippen LogP contribution in [0.1, 0.15) is 5.69 Å². The van der Waals surface area contributed by atoms with E-state index in [2.05, 4.69) is 20.5 Å². The number of nitrogens with one attached hydrogen (secondary N) is 1. The number of nitrogens with zero attached hydrogens (tertiary/aromatic N) is 3. The number of fused-ring (bicyclic) bond motifs is 1. The molecule has 17 heavy (non-hydrogen) atoms. The Labute approximate surface area is 102 Å². The van der Waals surface area contributed by atoms with Crippen molar-refractivity contribution in [1.82, 2.24) is 15.2 Å². The fourth-order valence-electron chi connectivity index (χ4n) is 1.66. The average Bonchev–Trinajstić information content (AvgIpc) is 2.89. The summed E-state index contributed by atoms with van der Waals surface area (Å²) in [5.41, 5.74) is 4.76. The molecule has 1 aromatic carbocycles. The molecule has 4 nitrogen and oxygen atoms in total. The summed E-state index contributed by atoms with van der Waals surface area (Å²) in [6.45, 7) is 0.708. The Bertz CT molecular complexity index is 616. The first-order valence-corrected chi connectivity index (χ1v) is 6.19. The van der Waals surface area contributed by atoms with Crippen LogP contribution < -0.4 is 5.32 Å². The minimum absolute atomic E-state index is 0.708.